The van der Waals surface area contributed by atoms with Gasteiger partial charge in [-0.1, -0.05) is 6.92 Å². The second-order valence-corrected chi connectivity index (χ2v) is 6.62. The van der Waals surface area contributed by atoms with Crippen LogP contribution in [0.5, 0.6) is 0 Å². The highest BCUT2D eigenvalue weighted by Gasteiger charge is 2.16. The molecule has 0 amide bonds. The summed E-state index contributed by atoms with van der Waals surface area (Å²) in [5, 5.41) is 0. The largest absolute Gasteiger partial charge is 0.382 e. The first kappa shape index (κ1) is 15.0. The number of hydrogen-bond donors (Lipinski definition) is 1. The van der Waals surface area contributed by atoms with Crippen LogP contribution >= 0.6 is 0 Å². The van der Waals surface area contributed by atoms with Crippen molar-refractivity contribution in [2.75, 3.05) is 17.7 Å². The van der Waals surface area contributed by atoms with Gasteiger partial charge in [0.25, 0.3) is 0 Å². The monoisotopic (exact) mass is 294 g/mol. The molecular formula is C14H22N4OS. The topological polar surface area (TPSA) is 73.8 Å². The third-order valence-corrected chi connectivity index (χ3v) is 4.47. The van der Waals surface area contributed by atoms with Gasteiger partial charge in [-0.2, -0.15) is 0 Å². The molecule has 0 aliphatic rings. The van der Waals surface area contributed by atoms with E-state index in [1.54, 1.807) is 6.26 Å². The molecule has 5 nitrogen and oxygen atoms in total. The quantitative estimate of drug-likeness (QED) is 0.915. The third kappa shape index (κ3) is 2.70. The Labute approximate surface area is 122 Å². The van der Waals surface area contributed by atoms with Gasteiger partial charge < -0.3 is 10.3 Å². The van der Waals surface area contributed by atoms with Gasteiger partial charge in [0, 0.05) is 41.5 Å². The Morgan fingerprint density at radius 3 is 2.60 bits per heavy atom. The molecule has 0 aliphatic heterocycles. The minimum atomic E-state index is -0.754. The molecule has 20 heavy (non-hydrogen) atoms. The van der Waals surface area contributed by atoms with Gasteiger partial charge >= 0.3 is 0 Å². The zero-order valence-corrected chi connectivity index (χ0v) is 13.4. The van der Waals surface area contributed by atoms with Crippen molar-refractivity contribution in [1.82, 2.24) is 14.5 Å². The van der Waals surface area contributed by atoms with Crippen LogP contribution in [0.25, 0.3) is 11.0 Å². The Kier molecular flexibility index (Phi) is 4.42. The molecule has 0 radical (unpaired) electrons. The van der Waals surface area contributed by atoms with Gasteiger partial charge in [0.05, 0.1) is 5.52 Å². The molecule has 2 heterocycles. The Bertz CT molecular complexity index is 663. The molecule has 1 unspecified atom stereocenters. The van der Waals surface area contributed by atoms with Crippen LogP contribution < -0.4 is 5.73 Å². The summed E-state index contributed by atoms with van der Waals surface area (Å²) in [7, 11) is -0.754. The number of aromatic nitrogens is 3. The molecule has 0 spiro atoms. The zero-order valence-electron chi connectivity index (χ0n) is 12.6. The van der Waals surface area contributed by atoms with Crippen LogP contribution in [0.3, 0.4) is 0 Å². The fourth-order valence-corrected chi connectivity index (χ4v) is 3.02. The van der Waals surface area contributed by atoms with E-state index >= 15 is 0 Å². The van der Waals surface area contributed by atoms with E-state index in [2.05, 4.69) is 28.4 Å². The highest BCUT2D eigenvalue weighted by atomic mass is 32.2. The number of rotatable bonds is 5. The van der Waals surface area contributed by atoms with Gasteiger partial charge in [0.2, 0.25) is 0 Å². The lowest BCUT2D eigenvalue weighted by molar-refractivity contribution is 0.649. The molecule has 2 N–H and O–H groups in total. The van der Waals surface area contributed by atoms with E-state index in [4.69, 9.17) is 5.73 Å². The first-order valence-corrected chi connectivity index (χ1v) is 8.60. The van der Waals surface area contributed by atoms with E-state index in [0.29, 0.717) is 11.6 Å². The number of imidazole rings is 1. The van der Waals surface area contributed by atoms with E-state index < -0.39 is 10.8 Å². The van der Waals surface area contributed by atoms with Crippen LogP contribution in [0.4, 0.5) is 5.82 Å². The van der Waals surface area contributed by atoms with Crippen LogP contribution in [0, 0.1) is 13.8 Å². The first-order chi connectivity index (χ1) is 9.45. The van der Waals surface area contributed by atoms with E-state index in [1.165, 1.54) is 0 Å². The number of pyridine rings is 1. The minimum absolute atomic E-state index is 0.496. The highest BCUT2D eigenvalue weighted by Crippen LogP contribution is 2.26. The molecule has 0 bridgehead atoms. The van der Waals surface area contributed by atoms with E-state index in [0.717, 1.165) is 47.5 Å². The van der Waals surface area contributed by atoms with Crippen molar-refractivity contribution in [1.29, 1.82) is 0 Å². The first-order valence-electron chi connectivity index (χ1n) is 6.87. The molecule has 0 aliphatic carbocycles. The van der Waals surface area contributed by atoms with Crippen LogP contribution in [0.15, 0.2) is 0 Å². The summed E-state index contributed by atoms with van der Waals surface area (Å²) in [6.45, 7) is 6.93. The van der Waals surface area contributed by atoms with Crippen LogP contribution in [-0.4, -0.2) is 30.8 Å². The fourth-order valence-electron chi connectivity index (χ4n) is 2.48. The lowest BCUT2D eigenvalue weighted by Crippen LogP contribution is -2.08. The molecule has 6 heteroatoms. The molecule has 110 valence electrons. The third-order valence-electron chi connectivity index (χ3n) is 3.61. The molecule has 0 saturated heterocycles. The molecule has 0 fully saturated rings. The van der Waals surface area contributed by atoms with Crippen LogP contribution in [0.2, 0.25) is 0 Å². The lowest BCUT2D eigenvalue weighted by Gasteiger charge is -2.10. The lowest BCUT2D eigenvalue weighted by atomic mass is 10.2. The maximum Gasteiger partial charge on any atom is 0.151 e. The number of anilines is 1. The SMILES string of the molecule is CCc1nc2c(N)nc(C)c(C)c2n1CCCS(C)=O. The number of hydrogen-bond acceptors (Lipinski definition) is 4. The highest BCUT2D eigenvalue weighted by molar-refractivity contribution is 7.84. The van der Waals surface area contributed by atoms with Gasteiger partial charge in [-0.05, 0) is 25.8 Å². The second kappa shape index (κ2) is 5.91. The summed E-state index contributed by atoms with van der Waals surface area (Å²) >= 11 is 0. The Balaban J connectivity index is 2.52. The van der Waals surface area contributed by atoms with Gasteiger partial charge in [0.1, 0.15) is 11.3 Å². The van der Waals surface area contributed by atoms with Crippen LogP contribution in [-0.2, 0) is 23.8 Å². The Morgan fingerprint density at radius 2 is 2.00 bits per heavy atom. The van der Waals surface area contributed by atoms with Crippen molar-refractivity contribution in [3.05, 3.63) is 17.1 Å². The van der Waals surface area contributed by atoms with Gasteiger partial charge in [-0.25, -0.2) is 9.97 Å². The smallest absolute Gasteiger partial charge is 0.151 e. The molecular weight excluding hydrogens is 272 g/mol. The van der Waals surface area contributed by atoms with Crippen LogP contribution in [0.1, 0.15) is 30.4 Å². The summed E-state index contributed by atoms with van der Waals surface area (Å²) < 4.78 is 13.4. The zero-order chi connectivity index (χ0) is 14.9. The molecule has 2 aromatic rings. The summed E-state index contributed by atoms with van der Waals surface area (Å²) in [6.07, 6.45) is 3.47. The van der Waals surface area contributed by atoms with E-state index in [-0.39, 0.29) is 0 Å². The Morgan fingerprint density at radius 1 is 1.30 bits per heavy atom. The van der Waals surface area contributed by atoms with E-state index in [9.17, 15) is 4.21 Å². The van der Waals surface area contributed by atoms with Crippen molar-refractivity contribution in [2.24, 2.45) is 0 Å². The number of aryl methyl sites for hydroxylation is 4. The van der Waals surface area contributed by atoms with Crippen molar-refractivity contribution in [2.45, 2.75) is 40.2 Å². The standard InChI is InChI=1S/C14H22N4OS/c1-5-11-17-12-13(9(2)10(3)16-14(12)15)18(11)7-6-8-20(4)19/h5-8H2,1-4H3,(H2,15,16). The minimum Gasteiger partial charge on any atom is -0.382 e. The summed E-state index contributed by atoms with van der Waals surface area (Å²) in [5.41, 5.74) is 9.94. The molecule has 0 aromatic carbocycles. The number of nitrogens with zero attached hydrogens (tertiary/aromatic N) is 3. The Hall–Kier alpha value is -1.43. The number of nitrogen functional groups attached to an aromatic ring is 1. The van der Waals surface area contributed by atoms with Gasteiger partial charge in [-0.3, -0.25) is 4.21 Å². The maximum atomic E-state index is 11.2. The number of fused-ring (bicyclic) bond motifs is 1. The van der Waals surface area contributed by atoms with Crippen molar-refractivity contribution in [3.8, 4) is 0 Å². The van der Waals surface area contributed by atoms with Crippen molar-refractivity contribution < 1.29 is 4.21 Å². The summed E-state index contributed by atoms with van der Waals surface area (Å²) in [5.74, 6) is 2.22. The fraction of sp³-hybridized carbons (Fsp3) is 0.571. The van der Waals surface area contributed by atoms with E-state index in [1.807, 2.05) is 6.92 Å². The maximum absolute atomic E-state index is 11.2. The van der Waals surface area contributed by atoms with Crippen molar-refractivity contribution >= 4 is 27.7 Å². The average Bonchev–Trinajstić information content (AvgIpc) is 2.75. The van der Waals surface area contributed by atoms with Gasteiger partial charge in [0.15, 0.2) is 5.82 Å². The number of nitrogens with two attached hydrogens (primary N) is 1. The molecule has 1 atom stereocenters. The summed E-state index contributed by atoms with van der Waals surface area (Å²) in [4.78, 5) is 8.98. The second-order valence-electron chi connectivity index (χ2n) is 5.07. The molecule has 2 aromatic heterocycles. The molecule has 2 rings (SSSR count). The van der Waals surface area contributed by atoms with Crippen molar-refractivity contribution in [3.63, 3.8) is 0 Å². The molecule has 0 saturated carbocycles. The normalized spacial score (nSPS) is 13.0. The van der Waals surface area contributed by atoms with Gasteiger partial charge in [-0.15, -0.1) is 0 Å². The average molecular weight is 294 g/mol. The predicted molar refractivity (Wildman–Crippen MR) is 84.3 cm³/mol. The summed E-state index contributed by atoms with van der Waals surface area (Å²) in [6, 6.07) is 0. The predicted octanol–water partition coefficient (Wildman–Crippen LogP) is 1.96.